The lowest BCUT2D eigenvalue weighted by Gasteiger charge is -2.34. The zero-order valence-electron chi connectivity index (χ0n) is 13.9. The Bertz CT molecular complexity index is 631. The molecular weight excluding hydrogens is 304 g/mol. The molecule has 0 N–H and O–H groups in total. The van der Waals surface area contributed by atoms with Crippen molar-refractivity contribution in [1.29, 1.82) is 0 Å². The number of benzene rings is 1. The summed E-state index contributed by atoms with van der Waals surface area (Å²) in [6.07, 6.45) is 4.02. The number of carbonyl (C=O) groups is 2. The number of rotatable bonds is 2. The highest BCUT2D eigenvalue weighted by atomic mass is 16.5. The van der Waals surface area contributed by atoms with Crippen LogP contribution >= 0.6 is 0 Å². The van der Waals surface area contributed by atoms with Crippen molar-refractivity contribution in [3.63, 3.8) is 0 Å². The van der Waals surface area contributed by atoms with Crippen LogP contribution in [0.4, 0.5) is 5.69 Å². The highest BCUT2D eigenvalue weighted by molar-refractivity contribution is 5.97. The second-order valence-electron chi connectivity index (χ2n) is 6.97. The Morgan fingerprint density at radius 1 is 1.00 bits per heavy atom. The second kappa shape index (κ2) is 6.55. The first kappa shape index (κ1) is 15.6. The zero-order chi connectivity index (χ0) is 16.5. The summed E-state index contributed by atoms with van der Waals surface area (Å²) in [4.78, 5) is 29.1. The summed E-state index contributed by atoms with van der Waals surface area (Å²) in [5.41, 5.74) is 2.33. The standard InChI is InChI=1S/C19H24N2O3/c22-18(21-12-9-14-4-1-2-5-16(14)21)15-7-10-20(11-8-15)19(23)17-6-3-13-24-17/h1-2,4-5,15,17H,3,6-13H2. The van der Waals surface area contributed by atoms with Crippen LogP contribution in [0, 0.1) is 5.92 Å². The molecule has 2 saturated heterocycles. The van der Waals surface area contributed by atoms with Crippen molar-refractivity contribution >= 4 is 17.5 Å². The molecule has 128 valence electrons. The smallest absolute Gasteiger partial charge is 0.251 e. The average molecular weight is 328 g/mol. The van der Waals surface area contributed by atoms with Gasteiger partial charge in [0.25, 0.3) is 5.91 Å². The lowest BCUT2D eigenvalue weighted by atomic mass is 9.94. The Hall–Kier alpha value is -1.88. The minimum absolute atomic E-state index is 0.0321. The van der Waals surface area contributed by atoms with Crippen LogP contribution in [-0.2, 0) is 20.7 Å². The maximum absolute atomic E-state index is 12.9. The number of likely N-dealkylation sites (tertiary alicyclic amines) is 1. The van der Waals surface area contributed by atoms with Gasteiger partial charge in [0.1, 0.15) is 6.10 Å². The summed E-state index contributed by atoms with van der Waals surface area (Å²) >= 11 is 0. The van der Waals surface area contributed by atoms with E-state index >= 15 is 0 Å². The van der Waals surface area contributed by atoms with E-state index in [1.807, 2.05) is 28.0 Å². The van der Waals surface area contributed by atoms with E-state index in [1.165, 1.54) is 5.56 Å². The third-order valence-electron chi connectivity index (χ3n) is 5.51. The minimum atomic E-state index is -0.247. The third kappa shape index (κ3) is 2.81. The number of nitrogens with zero attached hydrogens (tertiary/aromatic N) is 2. The predicted octanol–water partition coefficient (Wildman–Crippen LogP) is 1.99. The number of carbonyl (C=O) groups excluding carboxylic acids is 2. The summed E-state index contributed by atoms with van der Waals surface area (Å²) < 4.78 is 5.50. The van der Waals surface area contributed by atoms with E-state index in [0.29, 0.717) is 19.7 Å². The first-order valence-electron chi connectivity index (χ1n) is 9.04. The molecule has 3 aliphatic heterocycles. The highest BCUT2D eigenvalue weighted by Crippen LogP contribution is 2.31. The van der Waals surface area contributed by atoms with Crippen molar-refractivity contribution < 1.29 is 14.3 Å². The Kier molecular flexibility index (Phi) is 4.27. The van der Waals surface area contributed by atoms with Gasteiger partial charge in [-0.2, -0.15) is 0 Å². The molecule has 5 heteroatoms. The van der Waals surface area contributed by atoms with Gasteiger partial charge in [-0.1, -0.05) is 18.2 Å². The molecule has 1 unspecified atom stereocenters. The first-order chi connectivity index (χ1) is 11.7. The van der Waals surface area contributed by atoms with Gasteiger partial charge in [-0.25, -0.2) is 0 Å². The molecule has 3 aliphatic rings. The van der Waals surface area contributed by atoms with Crippen LogP contribution in [0.5, 0.6) is 0 Å². The zero-order valence-corrected chi connectivity index (χ0v) is 13.9. The lowest BCUT2D eigenvalue weighted by molar-refractivity contribution is -0.143. The molecule has 5 nitrogen and oxygen atoms in total. The summed E-state index contributed by atoms with van der Waals surface area (Å²) in [6, 6.07) is 8.16. The minimum Gasteiger partial charge on any atom is -0.368 e. The summed E-state index contributed by atoms with van der Waals surface area (Å²) in [5.74, 6) is 0.374. The van der Waals surface area contributed by atoms with E-state index in [-0.39, 0.29) is 23.8 Å². The molecule has 0 bridgehead atoms. The van der Waals surface area contributed by atoms with Crippen molar-refractivity contribution in [3.8, 4) is 0 Å². The van der Waals surface area contributed by atoms with E-state index in [1.54, 1.807) is 0 Å². The van der Waals surface area contributed by atoms with E-state index in [9.17, 15) is 9.59 Å². The van der Waals surface area contributed by atoms with Crippen LogP contribution in [0.3, 0.4) is 0 Å². The molecule has 4 rings (SSSR count). The molecule has 3 heterocycles. The van der Waals surface area contributed by atoms with Crippen molar-refractivity contribution in [3.05, 3.63) is 29.8 Å². The highest BCUT2D eigenvalue weighted by Gasteiger charge is 2.35. The molecular formula is C19H24N2O3. The maximum Gasteiger partial charge on any atom is 0.251 e. The van der Waals surface area contributed by atoms with Crippen molar-refractivity contribution in [1.82, 2.24) is 4.90 Å². The van der Waals surface area contributed by atoms with Crippen molar-refractivity contribution in [2.45, 2.75) is 38.2 Å². The van der Waals surface area contributed by atoms with Crippen LogP contribution in [0.25, 0.3) is 0 Å². The van der Waals surface area contributed by atoms with Crippen LogP contribution in [0.2, 0.25) is 0 Å². The lowest BCUT2D eigenvalue weighted by Crippen LogP contribution is -2.47. The van der Waals surface area contributed by atoms with Crippen LogP contribution in [-0.4, -0.2) is 49.1 Å². The van der Waals surface area contributed by atoms with Crippen molar-refractivity contribution in [2.75, 3.05) is 31.1 Å². The molecule has 24 heavy (non-hydrogen) atoms. The Labute approximate surface area is 142 Å². The van der Waals surface area contributed by atoms with E-state index < -0.39 is 0 Å². The number of amides is 2. The molecule has 0 aromatic heterocycles. The number of hydrogen-bond acceptors (Lipinski definition) is 3. The van der Waals surface area contributed by atoms with Gasteiger partial charge in [0.05, 0.1) is 0 Å². The van der Waals surface area contributed by atoms with Gasteiger partial charge in [-0.15, -0.1) is 0 Å². The van der Waals surface area contributed by atoms with Gasteiger partial charge < -0.3 is 14.5 Å². The summed E-state index contributed by atoms with van der Waals surface area (Å²) in [6.45, 7) is 2.82. The third-order valence-corrected chi connectivity index (χ3v) is 5.51. The summed E-state index contributed by atoms with van der Waals surface area (Å²) in [5, 5.41) is 0. The number of piperidine rings is 1. The fraction of sp³-hybridized carbons (Fsp3) is 0.579. The van der Waals surface area contributed by atoms with Gasteiger partial charge in [-0.05, 0) is 43.7 Å². The van der Waals surface area contributed by atoms with Gasteiger partial charge in [-0.3, -0.25) is 9.59 Å². The molecule has 0 spiro atoms. The van der Waals surface area contributed by atoms with Crippen LogP contribution in [0.1, 0.15) is 31.2 Å². The summed E-state index contributed by atoms with van der Waals surface area (Å²) in [7, 11) is 0. The number of para-hydroxylation sites is 1. The van der Waals surface area contributed by atoms with Gasteiger partial charge in [0.2, 0.25) is 5.91 Å². The van der Waals surface area contributed by atoms with E-state index in [0.717, 1.165) is 44.3 Å². The number of anilines is 1. The van der Waals surface area contributed by atoms with Gasteiger partial charge in [0, 0.05) is 37.8 Å². The Balaban J connectivity index is 1.36. The maximum atomic E-state index is 12.9. The average Bonchev–Trinajstić information content (AvgIpc) is 3.30. The van der Waals surface area contributed by atoms with Gasteiger partial charge in [0.15, 0.2) is 0 Å². The van der Waals surface area contributed by atoms with Crippen LogP contribution in [0.15, 0.2) is 24.3 Å². The normalized spacial score (nSPS) is 24.2. The number of ether oxygens (including phenoxy) is 1. The molecule has 2 fully saturated rings. The molecule has 0 saturated carbocycles. The Morgan fingerprint density at radius 2 is 1.79 bits per heavy atom. The number of fused-ring (bicyclic) bond motifs is 1. The number of hydrogen-bond donors (Lipinski definition) is 0. The molecule has 1 aromatic rings. The predicted molar refractivity (Wildman–Crippen MR) is 90.8 cm³/mol. The molecule has 1 aromatic carbocycles. The second-order valence-corrected chi connectivity index (χ2v) is 6.97. The molecule has 0 radical (unpaired) electrons. The van der Waals surface area contributed by atoms with Gasteiger partial charge >= 0.3 is 0 Å². The van der Waals surface area contributed by atoms with E-state index in [4.69, 9.17) is 4.74 Å². The quantitative estimate of drug-likeness (QED) is 0.834. The molecule has 0 aliphatic carbocycles. The SMILES string of the molecule is O=C(C1CCCO1)N1CCC(C(=O)N2CCc3ccccc32)CC1. The van der Waals surface area contributed by atoms with Crippen molar-refractivity contribution in [2.24, 2.45) is 5.92 Å². The first-order valence-corrected chi connectivity index (χ1v) is 9.04. The fourth-order valence-corrected chi connectivity index (χ4v) is 4.11. The molecule has 1 atom stereocenters. The fourth-order valence-electron chi connectivity index (χ4n) is 4.11. The largest absolute Gasteiger partial charge is 0.368 e. The Morgan fingerprint density at radius 3 is 2.54 bits per heavy atom. The molecule has 2 amide bonds. The topological polar surface area (TPSA) is 49.9 Å². The monoisotopic (exact) mass is 328 g/mol. The van der Waals surface area contributed by atoms with E-state index in [2.05, 4.69) is 6.07 Å². The van der Waals surface area contributed by atoms with Crippen LogP contribution < -0.4 is 4.90 Å².